The van der Waals surface area contributed by atoms with E-state index < -0.39 is 0 Å². The fourth-order valence-electron chi connectivity index (χ4n) is 4.05. The van der Waals surface area contributed by atoms with Crippen LogP contribution in [0.3, 0.4) is 0 Å². The van der Waals surface area contributed by atoms with E-state index in [1.807, 2.05) is 30.3 Å². The normalized spacial score (nSPS) is 15.6. The molecule has 1 unspecified atom stereocenters. The number of hydrogen-bond acceptors (Lipinski definition) is 7. The zero-order valence-electron chi connectivity index (χ0n) is 18.2. The summed E-state index contributed by atoms with van der Waals surface area (Å²) in [6, 6.07) is 16.7. The molecule has 0 saturated carbocycles. The van der Waals surface area contributed by atoms with E-state index in [-0.39, 0.29) is 18.2 Å². The van der Waals surface area contributed by atoms with E-state index in [0.717, 1.165) is 30.8 Å². The molecule has 34 heavy (non-hydrogen) atoms. The maximum Gasteiger partial charge on any atom is 0.262 e. The second kappa shape index (κ2) is 9.97. The Morgan fingerprint density at radius 3 is 2.74 bits per heavy atom. The summed E-state index contributed by atoms with van der Waals surface area (Å²) >= 11 is 7.50. The number of rotatable bonds is 7. The number of ether oxygens (including phenoxy) is 1. The molecule has 8 nitrogen and oxygen atoms in total. The Morgan fingerprint density at radius 2 is 1.97 bits per heavy atom. The van der Waals surface area contributed by atoms with Crippen molar-refractivity contribution in [2.75, 3.05) is 6.61 Å². The number of hydrogen-bond donors (Lipinski definition) is 0. The molecule has 2 aromatic carbocycles. The van der Waals surface area contributed by atoms with Gasteiger partial charge in [0, 0.05) is 17.2 Å². The number of thioether (sulfide) groups is 1. The van der Waals surface area contributed by atoms with Gasteiger partial charge in [0.05, 0.1) is 35.4 Å². The summed E-state index contributed by atoms with van der Waals surface area (Å²) < 4.78 is 9.35. The van der Waals surface area contributed by atoms with Gasteiger partial charge in [0.2, 0.25) is 0 Å². The Bertz CT molecular complexity index is 1420. The molecule has 10 heteroatoms. The van der Waals surface area contributed by atoms with Gasteiger partial charge in [-0.2, -0.15) is 5.26 Å². The lowest BCUT2D eigenvalue weighted by atomic mass is 10.2. The Morgan fingerprint density at radius 1 is 1.15 bits per heavy atom. The van der Waals surface area contributed by atoms with Crippen molar-refractivity contribution in [3.8, 4) is 17.5 Å². The molecule has 0 spiro atoms. The molecule has 2 aromatic heterocycles. The monoisotopic (exact) mass is 492 g/mol. The van der Waals surface area contributed by atoms with Crippen molar-refractivity contribution in [3.63, 3.8) is 0 Å². The fraction of sp³-hybridized carbons (Fsp3) is 0.292. The van der Waals surface area contributed by atoms with Gasteiger partial charge >= 0.3 is 0 Å². The first-order chi connectivity index (χ1) is 16.6. The molecule has 172 valence electrons. The van der Waals surface area contributed by atoms with Crippen molar-refractivity contribution in [2.24, 2.45) is 0 Å². The molecule has 1 saturated heterocycles. The molecule has 5 rings (SSSR count). The van der Waals surface area contributed by atoms with E-state index in [2.05, 4.69) is 25.8 Å². The quantitative estimate of drug-likeness (QED) is 0.354. The summed E-state index contributed by atoms with van der Waals surface area (Å²) in [4.78, 5) is 17.6. The molecular weight excluding hydrogens is 472 g/mol. The van der Waals surface area contributed by atoms with Crippen molar-refractivity contribution < 1.29 is 4.74 Å². The first-order valence-corrected chi connectivity index (χ1v) is 12.3. The van der Waals surface area contributed by atoms with Gasteiger partial charge in [-0.05, 0) is 49.2 Å². The first-order valence-electron chi connectivity index (χ1n) is 10.9. The predicted octanol–water partition coefficient (Wildman–Crippen LogP) is 4.30. The van der Waals surface area contributed by atoms with Crippen LogP contribution < -0.4 is 5.56 Å². The standard InChI is InChI=1S/C24H21ClN6O2S/c25-17-9-7-16(8-10-17)22-28-29-24(31(22)14-18-4-3-13-33-18)34-15-21-27-20-6-2-1-5-19(20)23(32)30(21)12-11-26/h1-2,5-10,18H,3-4,12-15H2. The first kappa shape index (κ1) is 22.6. The summed E-state index contributed by atoms with van der Waals surface area (Å²) in [5.74, 6) is 1.62. The lowest BCUT2D eigenvalue weighted by Crippen LogP contribution is -2.24. The summed E-state index contributed by atoms with van der Waals surface area (Å²) in [5, 5.41) is 20.0. The largest absolute Gasteiger partial charge is 0.376 e. The van der Waals surface area contributed by atoms with Gasteiger partial charge < -0.3 is 4.74 Å². The molecule has 0 amide bonds. The Hall–Kier alpha value is -3.19. The molecule has 1 fully saturated rings. The van der Waals surface area contributed by atoms with Gasteiger partial charge in [-0.3, -0.25) is 13.9 Å². The van der Waals surface area contributed by atoms with E-state index in [9.17, 15) is 10.1 Å². The van der Waals surface area contributed by atoms with Gasteiger partial charge in [-0.25, -0.2) is 4.98 Å². The smallest absolute Gasteiger partial charge is 0.262 e. The van der Waals surface area contributed by atoms with Crippen LogP contribution >= 0.6 is 23.4 Å². The minimum atomic E-state index is -0.217. The number of halogens is 1. The molecule has 0 aliphatic carbocycles. The number of fused-ring (bicyclic) bond motifs is 1. The predicted molar refractivity (Wildman–Crippen MR) is 131 cm³/mol. The summed E-state index contributed by atoms with van der Waals surface area (Å²) in [7, 11) is 0. The second-order valence-corrected chi connectivity index (χ2v) is 9.32. The number of aromatic nitrogens is 5. The van der Waals surface area contributed by atoms with Crippen LogP contribution in [0, 0.1) is 11.3 Å². The second-order valence-electron chi connectivity index (χ2n) is 7.94. The van der Waals surface area contributed by atoms with Crippen LogP contribution in [0.2, 0.25) is 5.02 Å². The third-order valence-electron chi connectivity index (χ3n) is 5.73. The van der Waals surface area contributed by atoms with Crippen molar-refractivity contribution in [2.45, 2.75) is 42.9 Å². The summed E-state index contributed by atoms with van der Waals surface area (Å²) in [6.45, 7) is 1.32. The maximum absolute atomic E-state index is 13.0. The van der Waals surface area contributed by atoms with Crippen LogP contribution in [-0.4, -0.2) is 37.0 Å². The van der Waals surface area contributed by atoms with Gasteiger partial charge in [-0.15, -0.1) is 10.2 Å². The van der Waals surface area contributed by atoms with Crippen LogP contribution in [0.15, 0.2) is 58.5 Å². The minimum Gasteiger partial charge on any atom is -0.376 e. The molecule has 4 aromatic rings. The van der Waals surface area contributed by atoms with Crippen LogP contribution in [0.5, 0.6) is 0 Å². The fourth-order valence-corrected chi connectivity index (χ4v) is 5.07. The van der Waals surface area contributed by atoms with Crippen LogP contribution in [0.25, 0.3) is 22.3 Å². The molecule has 0 bridgehead atoms. The van der Waals surface area contributed by atoms with E-state index in [1.165, 1.54) is 16.3 Å². The molecular formula is C24H21ClN6O2S. The number of nitriles is 1. The molecule has 1 aliphatic rings. The summed E-state index contributed by atoms with van der Waals surface area (Å²) in [5.41, 5.74) is 1.30. The molecule has 1 aliphatic heterocycles. The zero-order chi connectivity index (χ0) is 23.5. The third-order valence-corrected chi connectivity index (χ3v) is 6.94. The van der Waals surface area contributed by atoms with E-state index in [0.29, 0.717) is 39.2 Å². The topological polar surface area (TPSA) is 98.6 Å². The van der Waals surface area contributed by atoms with Crippen molar-refractivity contribution >= 4 is 34.3 Å². The van der Waals surface area contributed by atoms with E-state index in [1.54, 1.807) is 18.2 Å². The molecule has 3 heterocycles. The van der Waals surface area contributed by atoms with Gasteiger partial charge in [0.25, 0.3) is 5.56 Å². The Labute approximate surface area is 205 Å². The van der Waals surface area contributed by atoms with E-state index in [4.69, 9.17) is 16.3 Å². The third kappa shape index (κ3) is 4.57. The van der Waals surface area contributed by atoms with Gasteiger partial charge in [0.15, 0.2) is 11.0 Å². The van der Waals surface area contributed by atoms with Crippen molar-refractivity contribution in [3.05, 3.63) is 69.7 Å². The van der Waals surface area contributed by atoms with Crippen LogP contribution in [0.4, 0.5) is 0 Å². The molecule has 1 atom stereocenters. The Balaban J connectivity index is 1.49. The lowest BCUT2D eigenvalue weighted by Gasteiger charge is -2.15. The highest BCUT2D eigenvalue weighted by Gasteiger charge is 2.22. The van der Waals surface area contributed by atoms with Crippen molar-refractivity contribution in [1.29, 1.82) is 5.26 Å². The SMILES string of the molecule is N#CCn1c(CSc2nnc(-c3ccc(Cl)cc3)n2CC2CCCO2)nc2ccccc2c1=O. The van der Waals surface area contributed by atoms with Gasteiger partial charge in [-0.1, -0.05) is 35.5 Å². The highest BCUT2D eigenvalue weighted by Crippen LogP contribution is 2.29. The zero-order valence-corrected chi connectivity index (χ0v) is 19.8. The van der Waals surface area contributed by atoms with Crippen LogP contribution in [-0.2, 0) is 23.6 Å². The lowest BCUT2D eigenvalue weighted by molar-refractivity contribution is 0.0953. The molecule has 0 N–H and O–H groups in total. The Kier molecular flexibility index (Phi) is 6.63. The van der Waals surface area contributed by atoms with Crippen LogP contribution in [0.1, 0.15) is 18.7 Å². The summed E-state index contributed by atoms with van der Waals surface area (Å²) in [6.07, 6.45) is 2.11. The number of para-hydroxylation sites is 1. The average Bonchev–Trinajstić information content (AvgIpc) is 3.51. The van der Waals surface area contributed by atoms with Crippen molar-refractivity contribution in [1.82, 2.24) is 24.3 Å². The molecule has 0 radical (unpaired) electrons. The number of benzene rings is 2. The minimum absolute atomic E-state index is 0.0643. The highest BCUT2D eigenvalue weighted by molar-refractivity contribution is 7.98. The maximum atomic E-state index is 13.0. The van der Waals surface area contributed by atoms with E-state index >= 15 is 0 Å². The number of nitrogens with zero attached hydrogens (tertiary/aromatic N) is 6. The highest BCUT2D eigenvalue weighted by atomic mass is 35.5. The average molecular weight is 493 g/mol. The van der Waals surface area contributed by atoms with Gasteiger partial charge in [0.1, 0.15) is 12.4 Å².